The molecular formula is C8H10O2. The highest BCUT2D eigenvalue weighted by molar-refractivity contribution is 5.84. The van der Waals surface area contributed by atoms with Gasteiger partial charge in [0.15, 0.2) is 0 Å². The second kappa shape index (κ2) is 3.20. The fraction of sp³-hybridized carbons (Fsp3) is 0.375. The molecule has 0 aromatic carbocycles. The predicted octanol–water partition coefficient (Wildman–Crippen LogP) is 1.43. The van der Waals surface area contributed by atoms with Gasteiger partial charge in [-0.3, -0.25) is 0 Å². The number of rotatable bonds is 3. The Morgan fingerprint density at radius 3 is 3.10 bits per heavy atom. The molecule has 2 heteroatoms. The number of carbonyl (C=O) groups excluding carboxylic acids is 1. The highest BCUT2D eigenvalue weighted by atomic mass is 16.5. The van der Waals surface area contributed by atoms with Crippen LogP contribution >= 0.6 is 0 Å². The van der Waals surface area contributed by atoms with E-state index in [2.05, 4.69) is 6.58 Å². The van der Waals surface area contributed by atoms with Crippen LogP contribution in [0, 0.1) is 0 Å². The van der Waals surface area contributed by atoms with Gasteiger partial charge in [0, 0.05) is 6.08 Å². The van der Waals surface area contributed by atoms with Crippen LogP contribution in [0.5, 0.6) is 0 Å². The molecule has 0 aromatic rings. The van der Waals surface area contributed by atoms with Gasteiger partial charge in [-0.2, -0.15) is 0 Å². The minimum atomic E-state index is -0.228. The third kappa shape index (κ3) is 1.72. The van der Waals surface area contributed by atoms with Crippen LogP contribution in [-0.2, 0) is 9.53 Å². The van der Waals surface area contributed by atoms with Crippen molar-refractivity contribution in [3.05, 3.63) is 24.8 Å². The van der Waals surface area contributed by atoms with E-state index >= 15 is 0 Å². The van der Waals surface area contributed by atoms with Crippen molar-refractivity contribution in [1.82, 2.24) is 0 Å². The fourth-order valence-electron chi connectivity index (χ4n) is 0.851. The van der Waals surface area contributed by atoms with Gasteiger partial charge in [-0.25, -0.2) is 4.79 Å². The highest BCUT2D eigenvalue weighted by Crippen LogP contribution is 2.10. The SMILES string of the molecule is C=CCCC1C=CC(=O)O1. The number of hydrogen-bond acceptors (Lipinski definition) is 2. The molecule has 0 spiro atoms. The normalized spacial score (nSPS) is 22.8. The van der Waals surface area contributed by atoms with E-state index < -0.39 is 0 Å². The maximum Gasteiger partial charge on any atom is 0.331 e. The van der Waals surface area contributed by atoms with E-state index in [1.807, 2.05) is 6.08 Å². The van der Waals surface area contributed by atoms with E-state index in [-0.39, 0.29) is 12.1 Å². The summed E-state index contributed by atoms with van der Waals surface area (Å²) in [6.07, 6.45) is 6.80. The average Bonchev–Trinajstić information content (AvgIpc) is 2.31. The molecular weight excluding hydrogens is 128 g/mol. The zero-order valence-corrected chi connectivity index (χ0v) is 5.75. The van der Waals surface area contributed by atoms with Crippen LogP contribution in [0.3, 0.4) is 0 Å². The summed E-state index contributed by atoms with van der Waals surface area (Å²) in [5, 5.41) is 0. The highest BCUT2D eigenvalue weighted by Gasteiger charge is 2.14. The lowest BCUT2D eigenvalue weighted by Gasteiger charge is -2.04. The third-order valence-electron chi connectivity index (χ3n) is 1.37. The maximum absolute atomic E-state index is 10.5. The van der Waals surface area contributed by atoms with Crippen molar-refractivity contribution in [2.24, 2.45) is 0 Å². The van der Waals surface area contributed by atoms with Crippen molar-refractivity contribution in [3.63, 3.8) is 0 Å². The van der Waals surface area contributed by atoms with E-state index in [1.165, 1.54) is 6.08 Å². The van der Waals surface area contributed by atoms with Crippen molar-refractivity contribution >= 4 is 5.97 Å². The van der Waals surface area contributed by atoms with Gasteiger partial charge in [-0.05, 0) is 18.9 Å². The van der Waals surface area contributed by atoms with Crippen molar-refractivity contribution in [1.29, 1.82) is 0 Å². The topological polar surface area (TPSA) is 26.3 Å². The number of carbonyl (C=O) groups is 1. The summed E-state index contributed by atoms with van der Waals surface area (Å²) in [5.74, 6) is -0.228. The molecule has 1 unspecified atom stereocenters. The first-order chi connectivity index (χ1) is 4.83. The Hall–Kier alpha value is -1.05. The first kappa shape index (κ1) is 7.06. The smallest absolute Gasteiger partial charge is 0.331 e. The summed E-state index contributed by atoms with van der Waals surface area (Å²) in [5.41, 5.74) is 0. The number of esters is 1. The Bertz CT molecular complexity index is 170. The van der Waals surface area contributed by atoms with Crippen LogP contribution in [0.4, 0.5) is 0 Å². The summed E-state index contributed by atoms with van der Waals surface area (Å²) in [6.45, 7) is 3.58. The summed E-state index contributed by atoms with van der Waals surface area (Å²) in [4.78, 5) is 10.5. The van der Waals surface area contributed by atoms with E-state index in [4.69, 9.17) is 4.74 Å². The third-order valence-corrected chi connectivity index (χ3v) is 1.37. The predicted molar refractivity (Wildman–Crippen MR) is 38.5 cm³/mol. The van der Waals surface area contributed by atoms with Crippen LogP contribution < -0.4 is 0 Å². The molecule has 2 nitrogen and oxygen atoms in total. The molecule has 0 saturated carbocycles. The molecule has 0 amide bonds. The number of ether oxygens (including phenoxy) is 1. The minimum Gasteiger partial charge on any atom is -0.455 e. The van der Waals surface area contributed by atoms with Gasteiger partial charge in [0.25, 0.3) is 0 Å². The van der Waals surface area contributed by atoms with E-state index in [1.54, 1.807) is 6.08 Å². The first-order valence-corrected chi connectivity index (χ1v) is 3.32. The Balaban J connectivity index is 2.26. The van der Waals surface area contributed by atoms with Crippen molar-refractivity contribution in [2.45, 2.75) is 18.9 Å². The molecule has 0 bridgehead atoms. The van der Waals surface area contributed by atoms with Crippen LogP contribution in [0.1, 0.15) is 12.8 Å². The molecule has 1 aliphatic rings. The average molecular weight is 138 g/mol. The zero-order chi connectivity index (χ0) is 7.40. The molecule has 1 rings (SSSR count). The summed E-state index contributed by atoms with van der Waals surface area (Å²) < 4.78 is 4.87. The van der Waals surface area contributed by atoms with Crippen LogP contribution in [0.2, 0.25) is 0 Å². The molecule has 0 saturated heterocycles. The standard InChI is InChI=1S/C8H10O2/c1-2-3-4-7-5-6-8(9)10-7/h2,5-7H,1,3-4H2. The Morgan fingerprint density at radius 1 is 1.80 bits per heavy atom. The van der Waals surface area contributed by atoms with Gasteiger partial charge >= 0.3 is 5.97 Å². The van der Waals surface area contributed by atoms with Gasteiger partial charge in [0.1, 0.15) is 6.10 Å². The van der Waals surface area contributed by atoms with E-state index in [9.17, 15) is 4.79 Å². The van der Waals surface area contributed by atoms with E-state index in [0.29, 0.717) is 0 Å². The molecule has 1 atom stereocenters. The Labute approximate surface area is 60.2 Å². The summed E-state index contributed by atoms with van der Waals surface area (Å²) in [7, 11) is 0. The fourth-order valence-corrected chi connectivity index (χ4v) is 0.851. The molecule has 10 heavy (non-hydrogen) atoms. The number of allylic oxidation sites excluding steroid dienone is 1. The van der Waals surface area contributed by atoms with Crippen molar-refractivity contribution in [2.75, 3.05) is 0 Å². The second-order valence-corrected chi connectivity index (χ2v) is 2.20. The molecule has 54 valence electrons. The Morgan fingerprint density at radius 2 is 2.60 bits per heavy atom. The van der Waals surface area contributed by atoms with Crippen molar-refractivity contribution in [3.8, 4) is 0 Å². The number of hydrogen-bond donors (Lipinski definition) is 0. The molecule has 0 N–H and O–H groups in total. The lowest BCUT2D eigenvalue weighted by Crippen LogP contribution is -2.06. The minimum absolute atomic E-state index is 0.00880. The Kier molecular flexibility index (Phi) is 2.26. The van der Waals surface area contributed by atoms with Gasteiger partial charge in [0.05, 0.1) is 0 Å². The van der Waals surface area contributed by atoms with Crippen LogP contribution in [-0.4, -0.2) is 12.1 Å². The molecule has 0 aromatic heterocycles. The number of cyclic esters (lactones) is 1. The molecule has 1 heterocycles. The quantitative estimate of drug-likeness (QED) is 0.435. The lowest BCUT2D eigenvalue weighted by molar-refractivity contribution is -0.138. The molecule has 1 aliphatic heterocycles. The molecule has 0 fully saturated rings. The van der Waals surface area contributed by atoms with Gasteiger partial charge in [0.2, 0.25) is 0 Å². The zero-order valence-electron chi connectivity index (χ0n) is 5.75. The largest absolute Gasteiger partial charge is 0.455 e. The first-order valence-electron chi connectivity index (χ1n) is 3.32. The lowest BCUT2D eigenvalue weighted by atomic mass is 10.2. The van der Waals surface area contributed by atoms with Crippen LogP contribution in [0.15, 0.2) is 24.8 Å². The second-order valence-electron chi connectivity index (χ2n) is 2.20. The summed E-state index contributed by atoms with van der Waals surface area (Å²) >= 11 is 0. The van der Waals surface area contributed by atoms with Crippen LogP contribution in [0.25, 0.3) is 0 Å². The van der Waals surface area contributed by atoms with Gasteiger partial charge in [-0.1, -0.05) is 6.08 Å². The maximum atomic E-state index is 10.5. The summed E-state index contributed by atoms with van der Waals surface area (Å²) in [6, 6.07) is 0. The van der Waals surface area contributed by atoms with Gasteiger partial charge in [-0.15, -0.1) is 6.58 Å². The molecule has 0 aliphatic carbocycles. The van der Waals surface area contributed by atoms with E-state index in [0.717, 1.165) is 12.8 Å². The monoisotopic (exact) mass is 138 g/mol. The molecule has 0 radical (unpaired) electrons. The van der Waals surface area contributed by atoms with Gasteiger partial charge < -0.3 is 4.74 Å². The van der Waals surface area contributed by atoms with Crippen molar-refractivity contribution < 1.29 is 9.53 Å².